The molecule has 0 spiro atoms. The molecule has 0 N–H and O–H groups in total. The molecule has 0 amide bonds. The molecule has 0 fully saturated rings. The SMILES string of the molecule is CC.CCc1cc2c(s1)C(C)OCCS2=O. The van der Waals surface area contributed by atoms with Gasteiger partial charge < -0.3 is 4.74 Å². The zero-order chi connectivity index (χ0) is 12.1. The minimum atomic E-state index is -0.849. The maximum Gasteiger partial charge on any atom is 0.0901 e. The first-order chi connectivity index (χ1) is 7.72. The van der Waals surface area contributed by atoms with Crippen LogP contribution in [0.1, 0.15) is 43.6 Å². The third kappa shape index (κ3) is 2.93. The summed E-state index contributed by atoms with van der Waals surface area (Å²) in [6.45, 7) is 8.77. The van der Waals surface area contributed by atoms with Crippen molar-refractivity contribution in [1.82, 2.24) is 0 Å². The van der Waals surface area contributed by atoms with E-state index in [1.54, 1.807) is 11.3 Å². The van der Waals surface area contributed by atoms with Gasteiger partial charge in [-0.25, -0.2) is 0 Å². The van der Waals surface area contributed by atoms with E-state index in [1.807, 2.05) is 20.8 Å². The van der Waals surface area contributed by atoms with E-state index in [0.717, 1.165) is 16.2 Å². The van der Waals surface area contributed by atoms with Crippen molar-refractivity contribution in [3.05, 3.63) is 15.8 Å². The second-order valence-electron chi connectivity index (χ2n) is 3.36. The van der Waals surface area contributed by atoms with Gasteiger partial charge in [0.05, 0.1) is 34.2 Å². The highest BCUT2D eigenvalue weighted by atomic mass is 32.2. The third-order valence-electron chi connectivity index (χ3n) is 2.38. The summed E-state index contributed by atoms with van der Waals surface area (Å²) in [5, 5.41) is 0. The number of thiophene rings is 1. The largest absolute Gasteiger partial charge is 0.372 e. The Bertz CT molecular complexity index is 358. The second kappa shape index (κ2) is 6.52. The van der Waals surface area contributed by atoms with E-state index in [0.29, 0.717) is 12.4 Å². The van der Waals surface area contributed by atoms with Gasteiger partial charge in [-0.1, -0.05) is 20.8 Å². The van der Waals surface area contributed by atoms with Gasteiger partial charge in [0, 0.05) is 9.75 Å². The normalized spacial score (nSPS) is 24.0. The van der Waals surface area contributed by atoms with Crippen LogP contribution in [0.4, 0.5) is 0 Å². The molecule has 0 saturated heterocycles. The summed E-state index contributed by atoms with van der Waals surface area (Å²) in [4.78, 5) is 3.48. The Hall–Kier alpha value is -0.190. The van der Waals surface area contributed by atoms with Crippen LogP contribution in [0.15, 0.2) is 11.0 Å². The summed E-state index contributed by atoms with van der Waals surface area (Å²) in [5.74, 6) is 0.636. The maximum atomic E-state index is 11.8. The number of rotatable bonds is 1. The van der Waals surface area contributed by atoms with Crippen LogP contribution in [-0.4, -0.2) is 16.6 Å². The van der Waals surface area contributed by atoms with E-state index >= 15 is 0 Å². The van der Waals surface area contributed by atoms with Crippen molar-refractivity contribution in [2.24, 2.45) is 0 Å². The average molecular weight is 260 g/mol. The molecule has 4 heteroatoms. The van der Waals surface area contributed by atoms with E-state index in [9.17, 15) is 4.21 Å². The molecule has 0 aliphatic carbocycles. The van der Waals surface area contributed by atoms with Crippen LogP contribution in [0.2, 0.25) is 0 Å². The topological polar surface area (TPSA) is 26.3 Å². The van der Waals surface area contributed by atoms with Crippen molar-refractivity contribution in [1.29, 1.82) is 0 Å². The molecule has 1 aliphatic rings. The van der Waals surface area contributed by atoms with Gasteiger partial charge in [-0.2, -0.15) is 0 Å². The van der Waals surface area contributed by atoms with Gasteiger partial charge in [-0.3, -0.25) is 4.21 Å². The van der Waals surface area contributed by atoms with Crippen LogP contribution in [0.25, 0.3) is 0 Å². The molecule has 1 aliphatic heterocycles. The first kappa shape index (κ1) is 13.9. The van der Waals surface area contributed by atoms with Crippen molar-refractivity contribution >= 4 is 22.1 Å². The van der Waals surface area contributed by atoms with Gasteiger partial charge in [0.2, 0.25) is 0 Å². The van der Waals surface area contributed by atoms with Gasteiger partial charge in [0.1, 0.15) is 0 Å². The molecule has 2 rings (SSSR count). The third-order valence-corrected chi connectivity index (χ3v) is 5.31. The molecule has 2 atom stereocenters. The minimum absolute atomic E-state index is 0.113. The summed E-state index contributed by atoms with van der Waals surface area (Å²) >= 11 is 1.74. The molecule has 16 heavy (non-hydrogen) atoms. The molecule has 2 nitrogen and oxygen atoms in total. The number of aryl methyl sites for hydroxylation is 1. The number of fused-ring (bicyclic) bond motifs is 1. The Balaban J connectivity index is 0.000000606. The van der Waals surface area contributed by atoms with Gasteiger partial charge in [0.25, 0.3) is 0 Å². The first-order valence-electron chi connectivity index (χ1n) is 5.85. The quantitative estimate of drug-likeness (QED) is 0.772. The van der Waals surface area contributed by atoms with Crippen molar-refractivity contribution in [2.75, 3.05) is 12.4 Å². The lowest BCUT2D eigenvalue weighted by Gasteiger charge is -2.07. The Morgan fingerprint density at radius 3 is 2.88 bits per heavy atom. The number of ether oxygens (including phenoxy) is 1. The standard InChI is InChI=1S/C10H14O2S2.C2H6/c1-3-8-6-9-10(13-8)7(2)12-4-5-14(9)11;1-2/h6-7H,3-5H2,1-2H3;1-2H3. The Kier molecular flexibility index (Phi) is 5.66. The predicted octanol–water partition coefficient (Wildman–Crippen LogP) is 3.54. The zero-order valence-electron chi connectivity index (χ0n) is 10.4. The fourth-order valence-electron chi connectivity index (χ4n) is 1.56. The van der Waals surface area contributed by atoms with Crippen LogP contribution >= 0.6 is 11.3 Å². The first-order valence-corrected chi connectivity index (χ1v) is 7.98. The smallest absolute Gasteiger partial charge is 0.0901 e. The van der Waals surface area contributed by atoms with Crippen LogP contribution in [0.5, 0.6) is 0 Å². The molecule has 1 aromatic rings. The molecule has 0 saturated carbocycles. The highest BCUT2D eigenvalue weighted by molar-refractivity contribution is 7.85. The summed E-state index contributed by atoms with van der Waals surface area (Å²) in [7, 11) is -0.849. The van der Waals surface area contributed by atoms with Gasteiger partial charge in [0.15, 0.2) is 0 Å². The Labute approximate surface area is 104 Å². The van der Waals surface area contributed by atoms with Crippen molar-refractivity contribution < 1.29 is 8.95 Å². The fraction of sp³-hybridized carbons (Fsp3) is 0.667. The van der Waals surface area contributed by atoms with Gasteiger partial charge in [-0.15, -0.1) is 11.3 Å². The molecule has 92 valence electrons. The lowest BCUT2D eigenvalue weighted by atomic mass is 10.3. The molecule has 0 radical (unpaired) electrons. The number of hydrogen-bond donors (Lipinski definition) is 0. The Morgan fingerprint density at radius 1 is 1.56 bits per heavy atom. The van der Waals surface area contributed by atoms with Crippen molar-refractivity contribution in [3.8, 4) is 0 Å². The van der Waals surface area contributed by atoms with Crippen LogP contribution in [0, 0.1) is 0 Å². The lowest BCUT2D eigenvalue weighted by Crippen LogP contribution is -2.01. The summed E-state index contributed by atoms with van der Waals surface area (Å²) in [6, 6.07) is 2.08. The highest BCUT2D eigenvalue weighted by Crippen LogP contribution is 2.34. The molecular weight excluding hydrogens is 240 g/mol. The lowest BCUT2D eigenvalue weighted by molar-refractivity contribution is 0.0811. The van der Waals surface area contributed by atoms with Crippen molar-refractivity contribution in [2.45, 2.75) is 45.1 Å². The van der Waals surface area contributed by atoms with E-state index in [1.165, 1.54) is 4.88 Å². The molecule has 2 heterocycles. The predicted molar refractivity (Wildman–Crippen MR) is 70.7 cm³/mol. The van der Waals surface area contributed by atoms with Crippen LogP contribution < -0.4 is 0 Å². The molecule has 1 aromatic heterocycles. The second-order valence-corrected chi connectivity index (χ2v) is 6.06. The minimum Gasteiger partial charge on any atom is -0.372 e. The van der Waals surface area contributed by atoms with E-state index < -0.39 is 10.8 Å². The fourth-order valence-corrected chi connectivity index (χ4v) is 4.17. The van der Waals surface area contributed by atoms with E-state index in [2.05, 4.69) is 13.0 Å². The highest BCUT2D eigenvalue weighted by Gasteiger charge is 2.22. The average Bonchev–Trinajstić information content (AvgIpc) is 2.70. The Morgan fingerprint density at radius 2 is 2.25 bits per heavy atom. The van der Waals surface area contributed by atoms with E-state index in [4.69, 9.17) is 4.74 Å². The van der Waals surface area contributed by atoms with Crippen LogP contribution in [-0.2, 0) is 22.0 Å². The maximum absolute atomic E-state index is 11.8. The van der Waals surface area contributed by atoms with Gasteiger partial charge in [-0.05, 0) is 19.4 Å². The summed E-state index contributed by atoms with van der Waals surface area (Å²) in [5.41, 5.74) is 0. The summed E-state index contributed by atoms with van der Waals surface area (Å²) < 4.78 is 17.4. The molecule has 0 aromatic carbocycles. The molecule has 2 unspecified atom stereocenters. The van der Waals surface area contributed by atoms with E-state index in [-0.39, 0.29) is 6.10 Å². The number of hydrogen-bond acceptors (Lipinski definition) is 3. The van der Waals surface area contributed by atoms with Crippen molar-refractivity contribution in [3.63, 3.8) is 0 Å². The molecular formula is C12H20O2S2. The monoisotopic (exact) mass is 260 g/mol. The molecule has 0 bridgehead atoms. The summed E-state index contributed by atoms with van der Waals surface area (Å²) in [6.07, 6.45) is 1.13. The van der Waals surface area contributed by atoms with Crippen LogP contribution in [0.3, 0.4) is 0 Å². The zero-order valence-corrected chi connectivity index (χ0v) is 12.0. The van der Waals surface area contributed by atoms with Gasteiger partial charge >= 0.3 is 0 Å².